The van der Waals surface area contributed by atoms with Gasteiger partial charge >= 0.3 is 5.69 Å². The largest absolute Gasteiger partial charge is 0.394 e. The van der Waals surface area contributed by atoms with Gasteiger partial charge < -0.3 is 14.9 Å². The molecule has 1 aliphatic heterocycles. The average molecular weight is 302 g/mol. The first-order valence-corrected chi connectivity index (χ1v) is 5.87. The molecule has 3 N–H and O–H groups in total. The second-order valence-electron chi connectivity index (χ2n) is 4.59. The number of H-pyrrole nitrogens is 1. The molecule has 9 heteroatoms. The zero-order valence-electron chi connectivity index (χ0n) is 10.6. The summed E-state index contributed by atoms with van der Waals surface area (Å²) in [5.41, 5.74) is -7.73. The van der Waals surface area contributed by atoms with Gasteiger partial charge in [-0.1, -0.05) is 5.92 Å². The highest BCUT2D eigenvalue weighted by atomic mass is 19.2. The van der Waals surface area contributed by atoms with Crippen molar-refractivity contribution in [3.63, 3.8) is 0 Å². The molecular formula is C12H12F2N2O5. The summed E-state index contributed by atoms with van der Waals surface area (Å²) in [6, 6.07) is 0.905. The minimum atomic E-state index is -3.11. The Kier molecular flexibility index (Phi) is 3.71. The van der Waals surface area contributed by atoms with E-state index < -0.39 is 48.1 Å². The van der Waals surface area contributed by atoms with Crippen molar-refractivity contribution < 1.29 is 23.7 Å². The minimum absolute atomic E-state index is 0.581. The summed E-state index contributed by atoms with van der Waals surface area (Å²) < 4.78 is 33.7. The Hall–Kier alpha value is -2.02. The lowest BCUT2D eigenvalue weighted by Gasteiger charge is -2.32. The van der Waals surface area contributed by atoms with E-state index in [1.165, 1.54) is 0 Å². The predicted molar refractivity (Wildman–Crippen MR) is 65.9 cm³/mol. The maximum atomic E-state index is 14.9. The molecule has 0 unspecified atom stereocenters. The fourth-order valence-corrected chi connectivity index (χ4v) is 2.25. The summed E-state index contributed by atoms with van der Waals surface area (Å²) in [7, 11) is 0. The summed E-state index contributed by atoms with van der Waals surface area (Å²) in [6.07, 6.45) is 2.37. The third kappa shape index (κ3) is 1.99. The quantitative estimate of drug-likeness (QED) is 0.588. The van der Waals surface area contributed by atoms with Crippen molar-refractivity contribution in [1.29, 1.82) is 0 Å². The highest BCUT2D eigenvalue weighted by Gasteiger charge is 2.68. The molecule has 0 spiro atoms. The van der Waals surface area contributed by atoms with Gasteiger partial charge in [-0.3, -0.25) is 14.3 Å². The summed E-state index contributed by atoms with van der Waals surface area (Å²) in [4.78, 5) is 24.5. The summed E-state index contributed by atoms with van der Waals surface area (Å²) >= 11 is 0. The zero-order valence-corrected chi connectivity index (χ0v) is 10.6. The molecule has 1 fully saturated rings. The molecule has 0 amide bonds. The van der Waals surface area contributed by atoms with Crippen LogP contribution in [0.2, 0.25) is 0 Å². The van der Waals surface area contributed by atoms with Crippen LogP contribution >= 0.6 is 0 Å². The van der Waals surface area contributed by atoms with Crippen molar-refractivity contribution in [3.05, 3.63) is 33.1 Å². The molecule has 1 aromatic heterocycles. The maximum absolute atomic E-state index is 14.9. The number of aliphatic hydroxyl groups is 2. The van der Waals surface area contributed by atoms with Gasteiger partial charge in [0.05, 0.1) is 6.61 Å². The lowest BCUT2D eigenvalue weighted by molar-refractivity contribution is -0.104. The number of aromatic nitrogens is 2. The van der Waals surface area contributed by atoms with Gasteiger partial charge in [0.2, 0.25) is 5.67 Å². The van der Waals surface area contributed by atoms with Gasteiger partial charge in [-0.05, 0) is 0 Å². The van der Waals surface area contributed by atoms with E-state index in [0.717, 1.165) is 12.3 Å². The fraction of sp³-hybridized carbons (Fsp3) is 0.500. The van der Waals surface area contributed by atoms with Crippen LogP contribution in [-0.4, -0.2) is 50.4 Å². The number of terminal acetylenes is 1. The first-order chi connectivity index (χ1) is 9.83. The van der Waals surface area contributed by atoms with E-state index in [4.69, 9.17) is 16.3 Å². The number of ether oxygens (including phenoxy) is 1. The summed E-state index contributed by atoms with van der Waals surface area (Å²) in [5.74, 6) is 1.59. The first-order valence-electron chi connectivity index (χ1n) is 5.87. The minimum Gasteiger partial charge on any atom is -0.394 e. The van der Waals surface area contributed by atoms with Gasteiger partial charge in [0, 0.05) is 12.3 Å². The Balaban J connectivity index is 2.62. The molecule has 1 aromatic rings. The van der Waals surface area contributed by atoms with Gasteiger partial charge in [-0.25, -0.2) is 13.6 Å². The topological polar surface area (TPSA) is 105 Å². The fourth-order valence-electron chi connectivity index (χ4n) is 2.25. The predicted octanol–water partition coefficient (Wildman–Crippen LogP) is -1.53. The molecule has 1 saturated heterocycles. The van der Waals surface area contributed by atoms with E-state index in [-0.39, 0.29) is 0 Å². The van der Waals surface area contributed by atoms with Crippen LogP contribution in [0.1, 0.15) is 6.23 Å². The number of alkyl halides is 2. The summed E-state index contributed by atoms with van der Waals surface area (Å²) in [5, 5.41) is 19.2. The van der Waals surface area contributed by atoms with E-state index in [1.807, 2.05) is 4.98 Å². The molecule has 2 rings (SSSR count). The molecule has 0 saturated carbocycles. The molecule has 7 nitrogen and oxygen atoms in total. The number of nitrogens with zero attached hydrogens (tertiary/aromatic N) is 1. The Morgan fingerprint density at radius 1 is 1.57 bits per heavy atom. The number of halogens is 2. The molecular weight excluding hydrogens is 290 g/mol. The van der Waals surface area contributed by atoms with E-state index in [1.54, 1.807) is 5.92 Å². The monoisotopic (exact) mass is 302 g/mol. The van der Waals surface area contributed by atoms with Crippen LogP contribution in [0.15, 0.2) is 21.9 Å². The van der Waals surface area contributed by atoms with Crippen LogP contribution in [-0.2, 0) is 4.74 Å². The summed E-state index contributed by atoms with van der Waals surface area (Å²) in [6.45, 7) is -2.55. The SMILES string of the molecule is C#C[C@]1(F)[C@H](n2ccc(=O)[nH]c2=O)O[C@H](CO)[C@]1(O)CF. The number of aromatic amines is 1. The van der Waals surface area contributed by atoms with Crippen LogP contribution < -0.4 is 11.2 Å². The average Bonchev–Trinajstić information content (AvgIpc) is 2.69. The molecule has 0 aromatic carbocycles. The lowest BCUT2D eigenvalue weighted by atomic mass is 9.83. The third-order valence-electron chi connectivity index (χ3n) is 3.48. The van der Waals surface area contributed by atoms with E-state index in [0.29, 0.717) is 4.57 Å². The number of nitrogens with one attached hydrogen (secondary N) is 1. The van der Waals surface area contributed by atoms with Gasteiger partial charge in [0.15, 0.2) is 11.8 Å². The van der Waals surface area contributed by atoms with E-state index >= 15 is 0 Å². The second kappa shape index (κ2) is 5.07. The Labute approximate surface area is 116 Å². The molecule has 0 radical (unpaired) electrons. The van der Waals surface area contributed by atoms with Gasteiger partial charge in [-0.2, -0.15) is 0 Å². The lowest BCUT2D eigenvalue weighted by Crippen LogP contribution is -2.57. The highest BCUT2D eigenvalue weighted by Crippen LogP contribution is 2.47. The number of aliphatic hydroxyl groups excluding tert-OH is 1. The van der Waals surface area contributed by atoms with E-state index in [9.17, 15) is 23.5 Å². The highest BCUT2D eigenvalue weighted by molar-refractivity contribution is 5.26. The second-order valence-corrected chi connectivity index (χ2v) is 4.59. The third-order valence-corrected chi connectivity index (χ3v) is 3.48. The molecule has 4 atom stereocenters. The van der Waals surface area contributed by atoms with Crippen molar-refractivity contribution in [2.75, 3.05) is 13.3 Å². The molecule has 0 aliphatic carbocycles. The standard InChI is InChI=1S/C12H12F2N2O5/c1-2-11(14)9(16-4-3-8(18)15-10(16)19)21-7(5-17)12(11,20)6-13/h1,3-4,7,9,17,20H,5-6H2,(H,15,18,19)/t7-,9-,11+,12-/m1/s1. The number of rotatable bonds is 3. The van der Waals surface area contributed by atoms with Gasteiger partial charge in [0.1, 0.15) is 12.8 Å². The van der Waals surface area contributed by atoms with Crippen LogP contribution in [0.3, 0.4) is 0 Å². The normalized spacial score (nSPS) is 35.6. The van der Waals surface area contributed by atoms with Crippen molar-refractivity contribution in [1.82, 2.24) is 9.55 Å². The molecule has 1 aliphatic rings. The molecule has 0 bridgehead atoms. The first kappa shape index (κ1) is 15.4. The molecule has 114 valence electrons. The number of hydrogen-bond donors (Lipinski definition) is 3. The Bertz CT molecular complexity index is 696. The van der Waals surface area contributed by atoms with Crippen LogP contribution in [0.25, 0.3) is 0 Å². The van der Waals surface area contributed by atoms with Gasteiger partial charge in [-0.15, -0.1) is 6.42 Å². The maximum Gasteiger partial charge on any atom is 0.330 e. The van der Waals surface area contributed by atoms with Crippen LogP contribution in [0, 0.1) is 12.3 Å². The molecule has 2 heterocycles. The Morgan fingerprint density at radius 3 is 2.71 bits per heavy atom. The smallest absolute Gasteiger partial charge is 0.330 e. The van der Waals surface area contributed by atoms with Crippen molar-refractivity contribution in [2.24, 2.45) is 0 Å². The van der Waals surface area contributed by atoms with Crippen molar-refractivity contribution in [3.8, 4) is 12.3 Å². The van der Waals surface area contributed by atoms with Crippen molar-refractivity contribution in [2.45, 2.75) is 23.6 Å². The Morgan fingerprint density at radius 2 is 2.24 bits per heavy atom. The zero-order chi connectivity index (χ0) is 15.8. The van der Waals surface area contributed by atoms with Crippen LogP contribution in [0.5, 0.6) is 0 Å². The molecule has 21 heavy (non-hydrogen) atoms. The van der Waals surface area contributed by atoms with Crippen LogP contribution in [0.4, 0.5) is 8.78 Å². The van der Waals surface area contributed by atoms with Crippen molar-refractivity contribution >= 4 is 0 Å². The van der Waals surface area contributed by atoms with E-state index in [2.05, 4.69) is 0 Å². The number of hydrogen-bond acceptors (Lipinski definition) is 5. The van der Waals surface area contributed by atoms with Gasteiger partial charge in [0.25, 0.3) is 5.56 Å².